The normalized spacial score (nSPS) is 15.4. The molecule has 15 heavy (non-hydrogen) atoms. The Balaban J connectivity index is 4.03. The summed E-state index contributed by atoms with van der Waals surface area (Å²) in [6.07, 6.45) is 7.17. The molecule has 0 fully saturated rings. The van der Waals surface area contributed by atoms with E-state index in [2.05, 4.69) is 46.1 Å². The van der Waals surface area contributed by atoms with E-state index in [4.69, 9.17) is 0 Å². The third-order valence-corrected chi connectivity index (χ3v) is 18.5. The molecule has 0 saturated heterocycles. The predicted octanol–water partition coefficient (Wildman–Crippen LogP) is 5.86. The molecule has 0 nitrogen and oxygen atoms in total. The Morgan fingerprint density at radius 1 is 1.00 bits per heavy atom. The first-order chi connectivity index (χ1) is 6.73. The summed E-state index contributed by atoms with van der Waals surface area (Å²) in [6, 6.07) is 0. The van der Waals surface area contributed by atoms with Gasteiger partial charge in [0.1, 0.15) is 0 Å². The molecule has 0 amide bonds. The molecule has 0 aliphatic carbocycles. The molecule has 0 spiro atoms. The second-order valence-corrected chi connectivity index (χ2v) is 19.2. The summed E-state index contributed by atoms with van der Waals surface area (Å²) in [5, 5.41) is 0. The van der Waals surface area contributed by atoms with Crippen LogP contribution in [-0.2, 0) is 0 Å². The zero-order valence-electron chi connectivity index (χ0n) is 12.1. The topological polar surface area (TPSA) is 0 Å². The van der Waals surface area contributed by atoms with Gasteiger partial charge in [-0.05, 0) is 0 Å². The van der Waals surface area contributed by atoms with Crippen molar-refractivity contribution in [1.29, 1.82) is 0 Å². The van der Waals surface area contributed by atoms with E-state index in [1.54, 1.807) is 0 Å². The van der Waals surface area contributed by atoms with Gasteiger partial charge < -0.3 is 0 Å². The van der Waals surface area contributed by atoms with Crippen molar-refractivity contribution in [2.24, 2.45) is 0 Å². The Morgan fingerprint density at radius 3 is 1.93 bits per heavy atom. The second-order valence-electron chi connectivity index (χ2n) is 6.72. The summed E-state index contributed by atoms with van der Waals surface area (Å²) < 4.78 is 1.62. The van der Waals surface area contributed by atoms with Gasteiger partial charge in [-0.1, -0.05) is 0 Å². The fourth-order valence-corrected chi connectivity index (χ4v) is 7.02. The summed E-state index contributed by atoms with van der Waals surface area (Å²) in [5.74, 6) is 5.23. The molecule has 0 heterocycles. The van der Waals surface area contributed by atoms with Crippen molar-refractivity contribution in [1.82, 2.24) is 0 Å². The molecule has 0 saturated carbocycles. The number of hydrogen-bond acceptors (Lipinski definition) is 0. The molecule has 92 valence electrons. The van der Waals surface area contributed by atoms with Crippen LogP contribution in [-0.4, -0.2) is 13.3 Å². The Morgan fingerprint density at radius 2 is 1.53 bits per heavy atom. The standard InChI is InChI=1S/C14H32Ge/c1-8-9-10-11-12-13(2)15(6,7)14(3,4)5/h13H,8-12H2,1-7H3. The zero-order valence-corrected chi connectivity index (χ0v) is 14.2. The maximum absolute atomic E-state index is 2.62. The van der Waals surface area contributed by atoms with Crippen LogP contribution in [0, 0.1) is 0 Å². The molecule has 0 radical (unpaired) electrons. The van der Waals surface area contributed by atoms with Gasteiger partial charge in [0.15, 0.2) is 0 Å². The third kappa shape index (κ3) is 4.93. The average Bonchev–Trinajstić information content (AvgIpc) is 2.10. The molecule has 1 atom stereocenters. The van der Waals surface area contributed by atoms with Crippen molar-refractivity contribution in [3.8, 4) is 0 Å². The van der Waals surface area contributed by atoms with Crippen LogP contribution in [0.4, 0.5) is 0 Å². The quantitative estimate of drug-likeness (QED) is 0.420. The molecule has 0 aromatic rings. The van der Waals surface area contributed by atoms with Crippen LogP contribution in [0.25, 0.3) is 0 Å². The predicted molar refractivity (Wildman–Crippen MR) is 75.4 cm³/mol. The maximum atomic E-state index is 2.62. The Bertz CT molecular complexity index is 165. The van der Waals surface area contributed by atoms with Gasteiger partial charge in [-0.3, -0.25) is 0 Å². The molecule has 0 rings (SSSR count). The molecule has 0 aliphatic rings. The summed E-state index contributed by atoms with van der Waals surface area (Å²) in [6.45, 7) is 12.2. The van der Waals surface area contributed by atoms with Gasteiger partial charge in [0.05, 0.1) is 0 Å². The van der Waals surface area contributed by atoms with Gasteiger partial charge in [0, 0.05) is 0 Å². The molecular formula is C14H32Ge. The average molecular weight is 273 g/mol. The van der Waals surface area contributed by atoms with Gasteiger partial charge in [0.2, 0.25) is 0 Å². The van der Waals surface area contributed by atoms with Crippen molar-refractivity contribution < 1.29 is 0 Å². The molecule has 0 aromatic heterocycles. The van der Waals surface area contributed by atoms with Crippen molar-refractivity contribution in [2.45, 2.75) is 87.2 Å². The summed E-state index contributed by atoms with van der Waals surface area (Å²) in [7, 11) is 0. The molecule has 1 unspecified atom stereocenters. The number of rotatable bonds is 6. The van der Waals surface area contributed by atoms with Gasteiger partial charge in [-0.15, -0.1) is 0 Å². The second kappa shape index (κ2) is 6.32. The van der Waals surface area contributed by atoms with Crippen molar-refractivity contribution in [3.05, 3.63) is 0 Å². The van der Waals surface area contributed by atoms with Gasteiger partial charge in [-0.25, -0.2) is 0 Å². The van der Waals surface area contributed by atoms with Crippen LogP contribution in [0.1, 0.15) is 66.7 Å². The van der Waals surface area contributed by atoms with Crippen molar-refractivity contribution in [3.63, 3.8) is 0 Å². The first-order valence-corrected chi connectivity index (χ1v) is 13.2. The van der Waals surface area contributed by atoms with Crippen LogP contribution in [0.2, 0.25) is 20.5 Å². The first kappa shape index (κ1) is 15.5. The van der Waals surface area contributed by atoms with Gasteiger partial charge >= 0.3 is 100 Å². The molecule has 0 aliphatic heterocycles. The molecular weight excluding hydrogens is 241 g/mol. The fourth-order valence-electron chi connectivity index (χ4n) is 1.98. The minimum atomic E-state index is -1.60. The fraction of sp³-hybridized carbons (Fsp3) is 1.00. The molecule has 0 aromatic carbocycles. The third-order valence-electron chi connectivity index (χ3n) is 4.66. The van der Waals surface area contributed by atoms with E-state index < -0.39 is 13.3 Å². The summed E-state index contributed by atoms with van der Waals surface area (Å²) >= 11 is -1.60. The molecule has 1 heteroatoms. The van der Waals surface area contributed by atoms with Crippen molar-refractivity contribution in [2.75, 3.05) is 0 Å². The van der Waals surface area contributed by atoms with E-state index in [1.807, 2.05) is 0 Å². The summed E-state index contributed by atoms with van der Waals surface area (Å²) in [5.41, 5.74) is 0. The SMILES string of the molecule is CCCCCC[CH](C)[Ge]([CH3])([CH3])[C](C)(C)C. The van der Waals surface area contributed by atoms with Crippen LogP contribution in [0.15, 0.2) is 0 Å². The van der Waals surface area contributed by atoms with Crippen LogP contribution >= 0.6 is 0 Å². The van der Waals surface area contributed by atoms with Crippen molar-refractivity contribution >= 4 is 13.3 Å². The molecule has 0 bridgehead atoms. The Kier molecular flexibility index (Phi) is 6.55. The van der Waals surface area contributed by atoms with Gasteiger partial charge in [-0.2, -0.15) is 0 Å². The molecule has 0 N–H and O–H groups in total. The monoisotopic (exact) mass is 274 g/mol. The van der Waals surface area contributed by atoms with Crippen LogP contribution < -0.4 is 0 Å². The van der Waals surface area contributed by atoms with E-state index in [9.17, 15) is 0 Å². The zero-order chi connectivity index (χ0) is 12.1. The Labute approximate surface area is 101 Å². The first-order valence-electron chi connectivity index (χ1n) is 6.73. The van der Waals surface area contributed by atoms with E-state index in [0.717, 1.165) is 4.75 Å². The van der Waals surface area contributed by atoms with E-state index in [1.165, 1.54) is 32.1 Å². The van der Waals surface area contributed by atoms with E-state index >= 15 is 0 Å². The summed E-state index contributed by atoms with van der Waals surface area (Å²) in [4.78, 5) is 0. The van der Waals surface area contributed by atoms with E-state index in [0.29, 0.717) is 4.25 Å². The number of hydrogen-bond donors (Lipinski definition) is 0. The van der Waals surface area contributed by atoms with Crippen LogP contribution in [0.5, 0.6) is 0 Å². The Hall–Kier alpha value is 0.543. The van der Waals surface area contributed by atoms with Crippen LogP contribution in [0.3, 0.4) is 0 Å². The number of unbranched alkanes of at least 4 members (excludes halogenated alkanes) is 3. The minimum absolute atomic E-state index is 0.601. The van der Waals surface area contributed by atoms with Gasteiger partial charge in [0.25, 0.3) is 0 Å². The van der Waals surface area contributed by atoms with E-state index in [-0.39, 0.29) is 0 Å².